The normalized spacial score (nSPS) is 13.6. The van der Waals surface area contributed by atoms with E-state index in [9.17, 15) is 22.4 Å². The lowest BCUT2D eigenvalue weighted by molar-refractivity contribution is -0.140. The molecule has 0 bridgehead atoms. The first-order chi connectivity index (χ1) is 7.25. The highest BCUT2D eigenvalue weighted by Gasteiger charge is 2.35. The molecule has 88 valence electrons. The molecule has 0 aliphatic heterocycles. The standard InChI is InChI=1S/C10H7ClF4O/c1-5(11)9(16)6-3-2-4-7(8(6)12)10(13,14)15/h2-5H,1H3. The SMILES string of the molecule is CC(Cl)C(=O)c1cccc(C(F)(F)F)c1F. The lowest BCUT2D eigenvalue weighted by Crippen LogP contribution is -2.16. The van der Waals surface area contributed by atoms with Crippen LogP contribution in [0.1, 0.15) is 22.8 Å². The van der Waals surface area contributed by atoms with Gasteiger partial charge in [-0.25, -0.2) is 4.39 Å². The number of alkyl halides is 4. The summed E-state index contributed by atoms with van der Waals surface area (Å²) < 4.78 is 50.3. The minimum atomic E-state index is -4.82. The van der Waals surface area contributed by atoms with E-state index in [0.29, 0.717) is 6.07 Å². The predicted octanol–water partition coefficient (Wildman–Crippen LogP) is 3.65. The molecule has 1 atom stereocenters. The Balaban J connectivity index is 3.30. The summed E-state index contributed by atoms with van der Waals surface area (Å²) in [7, 11) is 0. The van der Waals surface area contributed by atoms with E-state index in [0.717, 1.165) is 12.1 Å². The van der Waals surface area contributed by atoms with E-state index >= 15 is 0 Å². The maximum absolute atomic E-state index is 13.4. The van der Waals surface area contributed by atoms with Gasteiger partial charge >= 0.3 is 6.18 Å². The van der Waals surface area contributed by atoms with Crippen LogP contribution in [0.25, 0.3) is 0 Å². The Morgan fingerprint density at radius 1 is 1.38 bits per heavy atom. The highest BCUT2D eigenvalue weighted by Crippen LogP contribution is 2.32. The Bertz CT molecular complexity index is 412. The zero-order valence-corrected chi connectivity index (χ0v) is 8.86. The lowest BCUT2D eigenvalue weighted by atomic mass is 10.0. The predicted molar refractivity (Wildman–Crippen MR) is 51.0 cm³/mol. The molecule has 0 fully saturated rings. The van der Waals surface area contributed by atoms with Crippen LogP contribution in [0.3, 0.4) is 0 Å². The smallest absolute Gasteiger partial charge is 0.292 e. The zero-order chi connectivity index (χ0) is 12.5. The van der Waals surface area contributed by atoms with E-state index in [4.69, 9.17) is 11.6 Å². The largest absolute Gasteiger partial charge is 0.419 e. The Labute approximate surface area is 94.0 Å². The molecule has 0 spiro atoms. The molecule has 0 amide bonds. The van der Waals surface area contributed by atoms with Crippen LogP contribution in [0.2, 0.25) is 0 Å². The van der Waals surface area contributed by atoms with E-state index in [2.05, 4.69) is 0 Å². The van der Waals surface area contributed by atoms with Gasteiger partial charge in [0.1, 0.15) is 5.82 Å². The third kappa shape index (κ3) is 2.52. The van der Waals surface area contributed by atoms with Gasteiger partial charge in [0.05, 0.1) is 16.5 Å². The van der Waals surface area contributed by atoms with Crippen molar-refractivity contribution in [2.24, 2.45) is 0 Å². The molecular weight excluding hydrogens is 248 g/mol. The Hall–Kier alpha value is -1.10. The number of Topliss-reactive ketones (excluding diaryl/α,β-unsaturated/α-hetero) is 1. The summed E-state index contributed by atoms with van der Waals surface area (Å²) in [5.74, 6) is -2.45. The minimum absolute atomic E-state index is 0.574. The fourth-order valence-electron chi connectivity index (χ4n) is 1.16. The van der Waals surface area contributed by atoms with Crippen molar-refractivity contribution in [2.45, 2.75) is 18.5 Å². The third-order valence-electron chi connectivity index (χ3n) is 1.93. The van der Waals surface area contributed by atoms with Crippen molar-refractivity contribution >= 4 is 17.4 Å². The van der Waals surface area contributed by atoms with Gasteiger partial charge in [-0.2, -0.15) is 13.2 Å². The first kappa shape index (κ1) is 13.0. The number of ketones is 1. The molecule has 0 aromatic heterocycles. The second-order valence-corrected chi connectivity index (χ2v) is 3.80. The second-order valence-electron chi connectivity index (χ2n) is 3.15. The number of carbonyl (C=O) groups excluding carboxylic acids is 1. The molecule has 16 heavy (non-hydrogen) atoms. The first-order valence-electron chi connectivity index (χ1n) is 4.29. The van der Waals surface area contributed by atoms with Crippen LogP contribution in [0.4, 0.5) is 17.6 Å². The van der Waals surface area contributed by atoms with Gasteiger partial charge in [0.2, 0.25) is 0 Å². The third-order valence-corrected chi connectivity index (χ3v) is 2.13. The lowest BCUT2D eigenvalue weighted by Gasteiger charge is -2.11. The fourth-order valence-corrected chi connectivity index (χ4v) is 1.27. The van der Waals surface area contributed by atoms with E-state index < -0.39 is 34.3 Å². The van der Waals surface area contributed by atoms with Crippen LogP contribution in [0.15, 0.2) is 18.2 Å². The summed E-state index contributed by atoms with van der Waals surface area (Å²) in [5, 5.41) is -1.07. The first-order valence-corrected chi connectivity index (χ1v) is 4.72. The number of hydrogen-bond donors (Lipinski definition) is 0. The van der Waals surface area contributed by atoms with E-state index in [1.165, 1.54) is 6.92 Å². The molecule has 1 rings (SSSR count). The molecule has 0 radical (unpaired) electrons. The number of rotatable bonds is 2. The van der Waals surface area contributed by atoms with Crippen molar-refractivity contribution in [1.29, 1.82) is 0 Å². The van der Waals surface area contributed by atoms with Crippen LogP contribution < -0.4 is 0 Å². The van der Waals surface area contributed by atoms with Gasteiger partial charge in [-0.3, -0.25) is 4.79 Å². The fraction of sp³-hybridized carbons (Fsp3) is 0.300. The molecule has 0 saturated carbocycles. The molecule has 0 heterocycles. The highest BCUT2D eigenvalue weighted by atomic mass is 35.5. The van der Waals surface area contributed by atoms with E-state index in [-0.39, 0.29) is 0 Å². The Morgan fingerprint density at radius 3 is 2.38 bits per heavy atom. The van der Waals surface area contributed by atoms with Crippen LogP contribution in [-0.2, 0) is 6.18 Å². The van der Waals surface area contributed by atoms with E-state index in [1.54, 1.807) is 0 Å². The highest BCUT2D eigenvalue weighted by molar-refractivity contribution is 6.33. The van der Waals surface area contributed by atoms with Crippen molar-refractivity contribution in [3.05, 3.63) is 35.1 Å². The van der Waals surface area contributed by atoms with Crippen LogP contribution in [0.5, 0.6) is 0 Å². The molecular formula is C10H7ClF4O. The summed E-state index contributed by atoms with van der Waals surface area (Å²) >= 11 is 5.40. The number of benzene rings is 1. The van der Waals surface area contributed by atoms with Crippen molar-refractivity contribution in [3.8, 4) is 0 Å². The number of hydrogen-bond acceptors (Lipinski definition) is 1. The minimum Gasteiger partial charge on any atom is -0.292 e. The Kier molecular flexibility index (Phi) is 3.57. The average Bonchev–Trinajstić information content (AvgIpc) is 2.15. The molecule has 1 aromatic rings. The summed E-state index contributed by atoms with van der Waals surface area (Å²) in [6.07, 6.45) is -4.82. The van der Waals surface area contributed by atoms with Crippen LogP contribution in [-0.4, -0.2) is 11.2 Å². The van der Waals surface area contributed by atoms with Gasteiger partial charge in [-0.1, -0.05) is 6.07 Å². The molecule has 1 nitrogen and oxygen atoms in total. The van der Waals surface area contributed by atoms with Crippen molar-refractivity contribution < 1.29 is 22.4 Å². The average molecular weight is 255 g/mol. The second kappa shape index (κ2) is 4.41. The molecule has 0 aliphatic carbocycles. The molecule has 6 heteroatoms. The summed E-state index contributed by atoms with van der Waals surface area (Å²) in [6.45, 7) is 1.27. The van der Waals surface area contributed by atoms with Gasteiger partial charge in [0, 0.05) is 0 Å². The molecule has 0 saturated heterocycles. The van der Waals surface area contributed by atoms with Gasteiger partial charge in [0.25, 0.3) is 0 Å². The summed E-state index contributed by atoms with van der Waals surface area (Å²) in [6, 6.07) is 2.52. The summed E-state index contributed by atoms with van der Waals surface area (Å²) in [4.78, 5) is 11.3. The zero-order valence-electron chi connectivity index (χ0n) is 8.11. The quantitative estimate of drug-likeness (QED) is 0.447. The maximum Gasteiger partial charge on any atom is 0.419 e. The van der Waals surface area contributed by atoms with Crippen LogP contribution in [0, 0.1) is 5.82 Å². The number of halogens is 5. The monoisotopic (exact) mass is 254 g/mol. The topological polar surface area (TPSA) is 17.1 Å². The van der Waals surface area contributed by atoms with Crippen molar-refractivity contribution in [1.82, 2.24) is 0 Å². The van der Waals surface area contributed by atoms with Crippen molar-refractivity contribution in [3.63, 3.8) is 0 Å². The van der Waals surface area contributed by atoms with E-state index in [1.807, 2.05) is 0 Å². The molecule has 0 aliphatic rings. The van der Waals surface area contributed by atoms with Gasteiger partial charge in [0.15, 0.2) is 5.78 Å². The molecule has 1 unspecified atom stereocenters. The summed E-state index contributed by atoms with van der Waals surface area (Å²) in [5.41, 5.74) is -2.10. The van der Waals surface area contributed by atoms with Crippen LogP contribution >= 0.6 is 11.6 Å². The number of carbonyl (C=O) groups is 1. The molecule has 1 aromatic carbocycles. The molecule has 0 N–H and O–H groups in total. The van der Waals surface area contributed by atoms with Crippen molar-refractivity contribution in [2.75, 3.05) is 0 Å². The maximum atomic E-state index is 13.4. The Morgan fingerprint density at radius 2 is 1.94 bits per heavy atom. The van der Waals surface area contributed by atoms with Gasteiger partial charge < -0.3 is 0 Å². The van der Waals surface area contributed by atoms with Gasteiger partial charge in [-0.05, 0) is 19.1 Å². The van der Waals surface area contributed by atoms with Gasteiger partial charge in [-0.15, -0.1) is 11.6 Å².